The number of nitro groups is 1. The molecule has 2 rings (SSSR count). The van der Waals surface area contributed by atoms with Crippen molar-refractivity contribution >= 4 is 33.2 Å². The first kappa shape index (κ1) is 15.8. The van der Waals surface area contributed by atoms with Crippen LogP contribution in [0.5, 0.6) is 0 Å². The van der Waals surface area contributed by atoms with Crippen molar-refractivity contribution < 1.29 is 9.72 Å². The Morgan fingerprint density at radius 3 is 2.55 bits per heavy atom. The van der Waals surface area contributed by atoms with Gasteiger partial charge in [0, 0.05) is 27.7 Å². The second kappa shape index (κ2) is 6.95. The van der Waals surface area contributed by atoms with Crippen LogP contribution in [0.15, 0.2) is 58.1 Å². The molecule has 0 saturated carbocycles. The van der Waals surface area contributed by atoms with Crippen LogP contribution in [-0.4, -0.2) is 16.5 Å². The SMILES string of the molecule is CC(=NNC(=O)c1cccc(Br)c1)c1cccc([N+](=O)[O-])c1. The second-order valence-corrected chi connectivity index (χ2v) is 5.37. The predicted molar refractivity (Wildman–Crippen MR) is 86.9 cm³/mol. The molecule has 7 heteroatoms. The summed E-state index contributed by atoms with van der Waals surface area (Å²) >= 11 is 3.29. The van der Waals surface area contributed by atoms with Crippen molar-refractivity contribution in [2.45, 2.75) is 6.92 Å². The third-order valence-electron chi connectivity index (χ3n) is 2.89. The molecule has 6 nitrogen and oxygen atoms in total. The molecule has 22 heavy (non-hydrogen) atoms. The van der Waals surface area contributed by atoms with E-state index in [0.29, 0.717) is 16.8 Å². The molecule has 1 N–H and O–H groups in total. The maximum Gasteiger partial charge on any atom is 0.271 e. The summed E-state index contributed by atoms with van der Waals surface area (Å²) < 4.78 is 0.791. The third kappa shape index (κ3) is 3.98. The molecular weight excluding hydrogens is 350 g/mol. The summed E-state index contributed by atoms with van der Waals surface area (Å²) in [6.07, 6.45) is 0. The quantitative estimate of drug-likeness (QED) is 0.513. The number of carbonyl (C=O) groups excluding carboxylic acids is 1. The highest BCUT2D eigenvalue weighted by molar-refractivity contribution is 9.10. The van der Waals surface area contributed by atoms with E-state index in [-0.39, 0.29) is 11.6 Å². The second-order valence-electron chi connectivity index (χ2n) is 4.46. The van der Waals surface area contributed by atoms with Crippen molar-refractivity contribution in [1.82, 2.24) is 5.43 Å². The van der Waals surface area contributed by atoms with Crippen LogP contribution in [0.25, 0.3) is 0 Å². The summed E-state index contributed by atoms with van der Waals surface area (Å²) in [7, 11) is 0. The van der Waals surface area contributed by atoms with Crippen molar-refractivity contribution in [3.63, 3.8) is 0 Å². The van der Waals surface area contributed by atoms with Crippen molar-refractivity contribution in [3.8, 4) is 0 Å². The standard InChI is InChI=1S/C15H12BrN3O3/c1-10(11-4-3-7-14(9-11)19(21)22)17-18-15(20)12-5-2-6-13(16)8-12/h2-9H,1H3,(H,18,20). The maximum atomic E-state index is 12.0. The first-order chi connectivity index (χ1) is 10.5. The topological polar surface area (TPSA) is 84.6 Å². The first-order valence-electron chi connectivity index (χ1n) is 6.32. The molecule has 0 radical (unpaired) electrons. The van der Waals surface area contributed by atoms with Gasteiger partial charge in [0.25, 0.3) is 11.6 Å². The van der Waals surface area contributed by atoms with Gasteiger partial charge in [-0.3, -0.25) is 14.9 Å². The minimum absolute atomic E-state index is 0.0228. The van der Waals surface area contributed by atoms with Crippen LogP contribution >= 0.6 is 15.9 Å². The van der Waals surface area contributed by atoms with Crippen molar-refractivity contribution in [3.05, 3.63) is 74.2 Å². The molecule has 0 saturated heterocycles. The number of nitrogens with one attached hydrogen (secondary N) is 1. The molecule has 0 aliphatic carbocycles. The number of halogens is 1. The zero-order valence-electron chi connectivity index (χ0n) is 11.6. The number of rotatable bonds is 4. The fourth-order valence-electron chi connectivity index (χ4n) is 1.74. The van der Waals surface area contributed by atoms with Crippen molar-refractivity contribution in [1.29, 1.82) is 0 Å². The molecule has 0 heterocycles. The summed E-state index contributed by atoms with van der Waals surface area (Å²) in [6.45, 7) is 1.67. The summed E-state index contributed by atoms with van der Waals surface area (Å²) in [5.41, 5.74) is 3.92. The van der Waals surface area contributed by atoms with E-state index >= 15 is 0 Å². The monoisotopic (exact) mass is 361 g/mol. The zero-order valence-corrected chi connectivity index (χ0v) is 13.2. The Bertz CT molecular complexity index is 759. The summed E-state index contributed by atoms with van der Waals surface area (Å²) in [5.74, 6) is -0.355. The molecule has 0 unspecified atom stereocenters. The van der Waals surface area contributed by atoms with E-state index in [2.05, 4.69) is 26.5 Å². The van der Waals surface area contributed by atoms with Crippen LogP contribution < -0.4 is 5.43 Å². The van der Waals surface area contributed by atoms with Gasteiger partial charge >= 0.3 is 0 Å². The van der Waals surface area contributed by atoms with Crippen molar-refractivity contribution in [2.24, 2.45) is 5.10 Å². The van der Waals surface area contributed by atoms with Crippen molar-refractivity contribution in [2.75, 3.05) is 0 Å². The molecule has 0 spiro atoms. The molecule has 0 aromatic heterocycles. The molecule has 2 aromatic rings. The highest BCUT2D eigenvalue weighted by Gasteiger charge is 2.08. The van der Waals surface area contributed by atoms with E-state index in [1.165, 1.54) is 12.1 Å². The summed E-state index contributed by atoms with van der Waals surface area (Å²) in [6, 6.07) is 13.0. The van der Waals surface area contributed by atoms with Crippen LogP contribution in [0, 0.1) is 10.1 Å². The van der Waals surface area contributed by atoms with E-state index in [9.17, 15) is 14.9 Å². The lowest BCUT2D eigenvalue weighted by molar-refractivity contribution is -0.384. The van der Waals surface area contributed by atoms with E-state index < -0.39 is 4.92 Å². The molecule has 0 atom stereocenters. The molecule has 112 valence electrons. The van der Waals surface area contributed by atoms with Crippen LogP contribution in [0.2, 0.25) is 0 Å². The average molecular weight is 362 g/mol. The smallest absolute Gasteiger partial charge is 0.267 e. The Labute approximate surface area is 135 Å². The molecule has 0 aliphatic heterocycles. The lowest BCUT2D eigenvalue weighted by Gasteiger charge is -2.03. The predicted octanol–water partition coefficient (Wildman–Crippen LogP) is 3.51. The lowest BCUT2D eigenvalue weighted by atomic mass is 10.1. The Morgan fingerprint density at radius 2 is 1.86 bits per heavy atom. The molecule has 1 amide bonds. The van der Waals surface area contributed by atoms with Gasteiger partial charge in [0.15, 0.2) is 0 Å². The average Bonchev–Trinajstić information content (AvgIpc) is 2.52. The van der Waals surface area contributed by atoms with Crippen LogP contribution in [0.3, 0.4) is 0 Å². The Morgan fingerprint density at radius 1 is 1.18 bits per heavy atom. The normalized spacial score (nSPS) is 11.1. The molecule has 2 aromatic carbocycles. The Kier molecular flexibility index (Phi) is 5.00. The zero-order chi connectivity index (χ0) is 16.1. The highest BCUT2D eigenvalue weighted by atomic mass is 79.9. The minimum Gasteiger partial charge on any atom is -0.267 e. The van der Waals surface area contributed by atoms with Gasteiger partial charge in [0.05, 0.1) is 10.6 Å². The van der Waals surface area contributed by atoms with Gasteiger partial charge < -0.3 is 0 Å². The first-order valence-corrected chi connectivity index (χ1v) is 7.11. The number of hydrogen-bond donors (Lipinski definition) is 1. The van der Waals surface area contributed by atoms with Gasteiger partial charge in [-0.25, -0.2) is 5.43 Å². The number of nitrogens with zero attached hydrogens (tertiary/aromatic N) is 2. The number of carbonyl (C=O) groups is 1. The van der Waals surface area contributed by atoms with E-state index in [1.54, 1.807) is 37.3 Å². The van der Waals surface area contributed by atoms with Gasteiger partial charge in [-0.15, -0.1) is 0 Å². The Balaban J connectivity index is 2.14. The Hall–Kier alpha value is -2.54. The number of non-ortho nitro benzene ring substituents is 1. The molecule has 0 aliphatic rings. The van der Waals surface area contributed by atoms with Crippen LogP contribution in [0.1, 0.15) is 22.8 Å². The van der Waals surface area contributed by atoms with E-state index in [4.69, 9.17) is 0 Å². The fraction of sp³-hybridized carbons (Fsp3) is 0.0667. The number of benzene rings is 2. The minimum atomic E-state index is -0.475. The summed E-state index contributed by atoms with van der Waals surface area (Å²) in [5, 5.41) is 14.7. The fourth-order valence-corrected chi connectivity index (χ4v) is 2.14. The number of nitro benzene ring substituents is 1. The molecule has 0 fully saturated rings. The van der Waals surface area contributed by atoms with Gasteiger partial charge in [-0.1, -0.05) is 34.1 Å². The number of amides is 1. The summed E-state index contributed by atoms with van der Waals surface area (Å²) in [4.78, 5) is 22.2. The lowest BCUT2D eigenvalue weighted by Crippen LogP contribution is -2.19. The van der Waals surface area contributed by atoms with Gasteiger partial charge in [0.1, 0.15) is 0 Å². The van der Waals surface area contributed by atoms with Crippen LogP contribution in [0.4, 0.5) is 5.69 Å². The number of hydrogen-bond acceptors (Lipinski definition) is 4. The molecular formula is C15H12BrN3O3. The highest BCUT2D eigenvalue weighted by Crippen LogP contribution is 2.14. The van der Waals surface area contributed by atoms with Gasteiger partial charge in [0.2, 0.25) is 0 Å². The largest absolute Gasteiger partial charge is 0.271 e. The molecule has 0 bridgehead atoms. The third-order valence-corrected chi connectivity index (χ3v) is 3.38. The van der Waals surface area contributed by atoms with E-state index in [0.717, 1.165) is 4.47 Å². The van der Waals surface area contributed by atoms with Gasteiger partial charge in [-0.2, -0.15) is 5.10 Å². The number of hydrazone groups is 1. The van der Waals surface area contributed by atoms with E-state index in [1.807, 2.05) is 6.07 Å². The van der Waals surface area contributed by atoms with Gasteiger partial charge in [-0.05, 0) is 25.1 Å². The van der Waals surface area contributed by atoms with Crippen LogP contribution in [-0.2, 0) is 0 Å². The maximum absolute atomic E-state index is 12.0.